The fourth-order valence-electron chi connectivity index (χ4n) is 1.69. The monoisotopic (exact) mass is 257 g/mol. The van der Waals surface area contributed by atoms with Crippen LogP contribution in [0, 0.1) is 0 Å². The molecule has 19 heavy (non-hydrogen) atoms. The van der Waals surface area contributed by atoms with E-state index in [2.05, 4.69) is 9.97 Å². The molecule has 2 N–H and O–H groups in total. The Balaban J connectivity index is 2.30. The Bertz CT molecular complexity index is 584. The highest BCUT2D eigenvalue weighted by molar-refractivity contribution is 6.08. The Labute approximate surface area is 111 Å². The molecule has 2 aromatic rings. The Morgan fingerprint density at radius 3 is 2.89 bits per heavy atom. The van der Waals surface area contributed by atoms with E-state index < -0.39 is 0 Å². The summed E-state index contributed by atoms with van der Waals surface area (Å²) >= 11 is 0. The Kier molecular flexibility index (Phi) is 4.20. The van der Waals surface area contributed by atoms with Crippen molar-refractivity contribution < 1.29 is 9.53 Å². The largest absolute Gasteiger partial charge is 0.492 e. The standard InChI is InChI=1S/C14H15N3O2/c1-2-19-13-6-11(8-16-9-13)14(18)10-3-4-17-12(5-10)7-15/h3-6,8-9H,2,7,15H2,1H3. The number of pyridine rings is 2. The van der Waals surface area contributed by atoms with Crippen molar-refractivity contribution in [3.05, 3.63) is 53.6 Å². The van der Waals surface area contributed by atoms with Crippen LogP contribution in [0.4, 0.5) is 0 Å². The first-order valence-corrected chi connectivity index (χ1v) is 6.02. The van der Waals surface area contributed by atoms with Crippen molar-refractivity contribution in [2.75, 3.05) is 6.61 Å². The molecule has 2 rings (SSSR count). The van der Waals surface area contributed by atoms with Crippen molar-refractivity contribution >= 4 is 5.78 Å². The maximum absolute atomic E-state index is 12.3. The molecule has 5 heteroatoms. The fraction of sp³-hybridized carbons (Fsp3) is 0.214. The van der Waals surface area contributed by atoms with Crippen LogP contribution in [0.5, 0.6) is 5.75 Å². The molecule has 0 saturated heterocycles. The lowest BCUT2D eigenvalue weighted by molar-refractivity contribution is 0.103. The molecule has 0 aliphatic rings. The van der Waals surface area contributed by atoms with Crippen LogP contribution in [0.15, 0.2) is 36.8 Å². The summed E-state index contributed by atoms with van der Waals surface area (Å²) in [6.45, 7) is 2.72. The van der Waals surface area contributed by atoms with Gasteiger partial charge in [0, 0.05) is 30.1 Å². The summed E-state index contributed by atoms with van der Waals surface area (Å²) < 4.78 is 5.33. The lowest BCUT2D eigenvalue weighted by atomic mass is 10.1. The molecule has 2 heterocycles. The summed E-state index contributed by atoms with van der Waals surface area (Å²) in [4.78, 5) is 20.4. The summed E-state index contributed by atoms with van der Waals surface area (Å²) in [5.74, 6) is 0.465. The number of ether oxygens (including phenoxy) is 1. The molecule has 5 nitrogen and oxygen atoms in total. The van der Waals surface area contributed by atoms with Crippen LogP contribution in [-0.2, 0) is 6.54 Å². The third-order valence-electron chi connectivity index (χ3n) is 2.57. The van der Waals surface area contributed by atoms with Gasteiger partial charge in [-0.3, -0.25) is 14.8 Å². The second kappa shape index (κ2) is 6.06. The Morgan fingerprint density at radius 1 is 1.32 bits per heavy atom. The first-order chi connectivity index (χ1) is 9.24. The van der Waals surface area contributed by atoms with Crippen molar-refractivity contribution in [1.82, 2.24) is 9.97 Å². The second-order valence-electron chi connectivity index (χ2n) is 3.91. The normalized spacial score (nSPS) is 10.2. The second-order valence-corrected chi connectivity index (χ2v) is 3.91. The predicted molar refractivity (Wildman–Crippen MR) is 71.0 cm³/mol. The van der Waals surface area contributed by atoms with Crippen LogP contribution < -0.4 is 10.5 Å². The van der Waals surface area contributed by atoms with Gasteiger partial charge in [0.2, 0.25) is 0 Å². The quantitative estimate of drug-likeness (QED) is 0.822. The highest BCUT2D eigenvalue weighted by Crippen LogP contribution is 2.15. The van der Waals surface area contributed by atoms with E-state index in [1.807, 2.05) is 6.92 Å². The minimum absolute atomic E-state index is 0.119. The summed E-state index contributed by atoms with van der Waals surface area (Å²) in [5, 5.41) is 0. The van der Waals surface area contributed by atoms with Gasteiger partial charge in [0.25, 0.3) is 0 Å². The van der Waals surface area contributed by atoms with Gasteiger partial charge in [0.05, 0.1) is 18.5 Å². The molecule has 0 spiro atoms. The predicted octanol–water partition coefficient (Wildman–Crippen LogP) is 1.56. The zero-order chi connectivity index (χ0) is 13.7. The number of hydrogen-bond donors (Lipinski definition) is 1. The molecule has 0 aliphatic carbocycles. The Hall–Kier alpha value is -2.27. The minimum atomic E-state index is -0.119. The van der Waals surface area contributed by atoms with Crippen molar-refractivity contribution in [2.24, 2.45) is 5.73 Å². The molecular formula is C14H15N3O2. The minimum Gasteiger partial charge on any atom is -0.492 e. The number of carbonyl (C=O) groups excluding carboxylic acids is 1. The zero-order valence-corrected chi connectivity index (χ0v) is 10.7. The number of ketones is 1. The van der Waals surface area contributed by atoms with Crippen molar-refractivity contribution in [1.29, 1.82) is 0 Å². The molecule has 0 unspecified atom stereocenters. The maximum Gasteiger partial charge on any atom is 0.194 e. The van der Waals surface area contributed by atoms with Crippen LogP contribution >= 0.6 is 0 Å². The molecule has 0 saturated carbocycles. The van der Waals surface area contributed by atoms with Gasteiger partial charge in [-0.05, 0) is 25.1 Å². The number of nitrogens with zero attached hydrogens (tertiary/aromatic N) is 2. The van der Waals surface area contributed by atoms with Gasteiger partial charge in [0.1, 0.15) is 5.75 Å². The van der Waals surface area contributed by atoms with Gasteiger partial charge in [0.15, 0.2) is 5.78 Å². The molecule has 0 radical (unpaired) electrons. The van der Waals surface area contributed by atoms with Crippen LogP contribution in [0.2, 0.25) is 0 Å². The molecule has 0 atom stereocenters. The summed E-state index contributed by atoms with van der Waals surface area (Å²) in [7, 11) is 0. The number of carbonyl (C=O) groups is 1. The summed E-state index contributed by atoms with van der Waals surface area (Å²) in [5.41, 5.74) is 7.23. The van der Waals surface area contributed by atoms with E-state index in [1.54, 1.807) is 30.6 Å². The van der Waals surface area contributed by atoms with E-state index in [4.69, 9.17) is 10.5 Å². The summed E-state index contributed by atoms with van der Waals surface area (Å²) in [6.07, 6.45) is 4.68. The highest BCUT2D eigenvalue weighted by atomic mass is 16.5. The average Bonchev–Trinajstić information content (AvgIpc) is 2.47. The highest BCUT2D eigenvalue weighted by Gasteiger charge is 2.11. The summed E-state index contributed by atoms with van der Waals surface area (Å²) in [6, 6.07) is 5.03. The first kappa shape index (κ1) is 13.2. The van der Waals surface area contributed by atoms with Crippen molar-refractivity contribution in [3.8, 4) is 5.75 Å². The lowest BCUT2D eigenvalue weighted by Gasteiger charge is -2.05. The number of nitrogens with two attached hydrogens (primary N) is 1. The number of rotatable bonds is 5. The van der Waals surface area contributed by atoms with Crippen molar-refractivity contribution in [2.45, 2.75) is 13.5 Å². The third kappa shape index (κ3) is 3.14. The molecule has 0 aliphatic heterocycles. The van der Waals surface area contributed by atoms with Crippen LogP contribution in [-0.4, -0.2) is 22.4 Å². The van der Waals surface area contributed by atoms with E-state index in [0.717, 1.165) is 0 Å². The van der Waals surface area contributed by atoms with Gasteiger partial charge in [-0.2, -0.15) is 0 Å². The molecule has 98 valence electrons. The number of hydrogen-bond acceptors (Lipinski definition) is 5. The molecule has 0 amide bonds. The Morgan fingerprint density at radius 2 is 2.16 bits per heavy atom. The van der Waals surface area contributed by atoms with E-state index in [1.165, 1.54) is 6.20 Å². The molecule has 2 aromatic heterocycles. The van der Waals surface area contributed by atoms with Crippen molar-refractivity contribution in [3.63, 3.8) is 0 Å². The zero-order valence-electron chi connectivity index (χ0n) is 10.7. The van der Waals surface area contributed by atoms with E-state index in [-0.39, 0.29) is 5.78 Å². The SMILES string of the molecule is CCOc1cncc(C(=O)c2ccnc(CN)c2)c1. The van der Waals surface area contributed by atoms with Gasteiger partial charge >= 0.3 is 0 Å². The van der Waals surface area contributed by atoms with E-state index in [9.17, 15) is 4.79 Å². The fourth-order valence-corrected chi connectivity index (χ4v) is 1.69. The first-order valence-electron chi connectivity index (χ1n) is 6.02. The topological polar surface area (TPSA) is 78.1 Å². The molecular weight excluding hydrogens is 242 g/mol. The average molecular weight is 257 g/mol. The number of aromatic nitrogens is 2. The third-order valence-corrected chi connectivity index (χ3v) is 2.57. The lowest BCUT2D eigenvalue weighted by Crippen LogP contribution is -2.06. The van der Waals surface area contributed by atoms with Gasteiger partial charge in [-0.15, -0.1) is 0 Å². The van der Waals surface area contributed by atoms with E-state index >= 15 is 0 Å². The van der Waals surface area contributed by atoms with Crippen LogP contribution in [0.1, 0.15) is 28.5 Å². The smallest absolute Gasteiger partial charge is 0.194 e. The van der Waals surface area contributed by atoms with Gasteiger partial charge < -0.3 is 10.5 Å². The van der Waals surface area contributed by atoms with E-state index in [0.29, 0.717) is 35.7 Å². The maximum atomic E-state index is 12.3. The van der Waals surface area contributed by atoms with Crippen LogP contribution in [0.25, 0.3) is 0 Å². The molecule has 0 bridgehead atoms. The molecule has 0 aromatic carbocycles. The van der Waals surface area contributed by atoms with Gasteiger partial charge in [-0.25, -0.2) is 0 Å². The van der Waals surface area contributed by atoms with Crippen LogP contribution in [0.3, 0.4) is 0 Å². The molecule has 0 fully saturated rings. The van der Waals surface area contributed by atoms with Gasteiger partial charge in [-0.1, -0.05) is 0 Å².